The number of nitrogens with one attached hydrogen (secondary N) is 1. The first kappa shape index (κ1) is 24.5. The van der Waals surface area contributed by atoms with Gasteiger partial charge in [0.15, 0.2) is 0 Å². The lowest BCUT2D eigenvalue weighted by Gasteiger charge is -2.52. The third-order valence-corrected chi connectivity index (χ3v) is 8.84. The molecule has 7 heteroatoms. The summed E-state index contributed by atoms with van der Waals surface area (Å²) in [5.41, 5.74) is 7.28. The van der Waals surface area contributed by atoms with Crippen LogP contribution in [-0.4, -0.2) is 23.9 Å². The molecule has 4 aromatic carbocycles. The zero-order valence-corrected chi connectivity index (χ0v) is 22.3. The highest BCUT2D eigenvalue weighted by atomic mass is 35.5. The summed E-state index contributed by atoms with van der Waals surface area (Å²) in [4.78, 5) is 42.7. The van der Waals surface area contributed by atoms with E-state index in [4.69, 9.17) is 11.6 Å². The van der Waals surface area contributed by atoms with E-state index < -0.39 is 17.3 Å². The van der Waals surface area contributed by atoms with Gasteiger partial charge in [-0.25, -0.2) is 10.3 Å². The Morgan fingerprint density at radius 3 is 2.10 bits per heavy atom. The molecule has 40 heavy (non-hydrogen) atoms. The Labute approximate surface area is 236 Å². The fourth-order valence-corrected chi connectivity index (χ4v) is 7.10. The van der Waals surface area contributed by atoms with Gasteiger partial charge in [0.25, 0.3) is 5.91 Å². The molecule has 0 spiro atoms. The predicted octanol–water partition coefficient (Wildman–Crippen LogP) is 5.62. The number of hydrogen-bond acceptors (Lipinski definition) is 4. The lowest BCUT2D eigenvalue weighted by molar-refractivity contribution is -0.122. The molecule has 2 atom stereocenters. The third kappa shape index (κ3) is 3.29. The lowest BCUT2D eigenvalue weighted by Crippen LogP contribution is -2.54. The number of para-hydroxylation sites is 1. The van der Waals surface area contributed by atoms with E-state index in [0.29, 0.717) is 16.3 Å². The zero-order chi connectivity index (χ0) is 27.6. The average molecular weight is 546 g/mol. The molecule has 3 aliphatic carbocycles. The molecule has 8 rings (SSSR count). The molecule has 0 radical (unpaired) electrons. The van der Waals surface area contributed by atoms with Gasteiger partial charge in [-0.2, -0.15) is 5.10 Å². The Balaban J connectivity index is 1.41. The van der Waals surface area contributed by atoms with Gasteiger partial charge in [0.05, 0.1) is 28.0 Å². The van der Waals surface area contributed by atoms with Crippen molar-refractivity contribution in [2.24, 2.45) is 16.9 Å². The first-order chi connectivity index (χ1) is 19.4. The topological polar surface area (TPSA) is 78.8 Å². The van der Waals surface area contributed by atoms with E-state index in [1.807, 2.05) is 67.6 Å². The molecule has 4 aromatic rings. The summed E-state index contributed by atoms with van der Waals surface area (Å²) in [6.07, 6.45) is 1.66. The maximum absolute atomic E-state index is 14.4. The number of carbonyl (C=O) groups excluding carboxylic acids is 3. The molecule has 0 aromatic heterocycles. The number of anilines is 1. The number of aryl methyl sites for hydroxylation is 1. The number of benzene rings is 4. The van der Waals surface area contributed by atoms with Crippen LogP contribution in [0.4, 0.5) is 5.69 Å². The maximum atomic E-state index is 14.4. The molecule has 196 valence electrons. The van der Waals surface area contributed by atoms with Gasteiger partial charge in [0, 0.05) is 17.7 Å². The van der Waals surface area contributed by atoms with Crippen LogP contribution in [0.15, 0.2) is 102 Å². The number of carbonyl (C=O) groups is 3. The van der Waals surface area contributed by atoms with Crippen LogP contribution in [0.2, 0.25) is 5.02 Å². The summed E-state index contributed by atoms with van der Waals surface area (Å²) < 4.78 is 0. The van der Waals surface area contributed by atoms with E-state index in [0.717, 1.165) is 27.8 Å². The zero-order valence-electron chi connectivity index (χ0n) is 21.5. The number of rotatable bonds is 4. The van der Waals surface area contributed by atoms with E-state index >= 15 is 0 Å². The predicted molar refractivity (Wildman–Crippen MR) is 154 cm³/mol. The summed E-state index contributed by atoms with van der Waals surface area (Å²) in [6, 6.07) is 29.9. The highest BCUT2D eigenvalue weighted by molar-refractivity contribution is 6.36. The van der Waals surface area contributed by atoms with Crippen molar-refractivity contribution < 1.29 is 14.4 Å². The highest BCUT2D eigenvalue weighted by Gasteiger charge is 2.68. The van der Waals surface area contributed by atoms with Crippen LogP contribution in [0.25, 0.3) is 0 Å². The van der Waals surface area contributed by atoms with Crippen molar-refractivity contribution in [3.8, 4) is 0 Å². The summed E-state index contributed by atoms with van der Waals surface area (Å²) in [5.74, 6) is -2.66. The Morgan fingerprint density at radius 1 is 0.850 bits per heavy atom. The monoisotopic (exact) mass is 545 g/mol. The molecule has 1 heterocycles. The minimum Gasteiger partial charge on any atom is -0.274 e. The molecular weight excluding hydrogens is 522 g/mol. The quantitative estimate of drug-likeness (QED) is 0.205. The van der Waals surface area contributed by atoms with E-state index in [2.05, 4.69) is 10.5 Å². The fraction of sp³-hybridized carbons (Fsp3) is 0.152. The molecule has 1 saturated heterocycles. The normalized spacial score (nSPS) is 24.1. The number of nitrogens with zero attached hydrogens (tertiary/aromatic N) is 2. The lowest BCUT2D eigenvalue weighted by atomic mass is 9.47. The first-order valence-corrected chi connectivity index (χ1v) is 13.5. The van der Waals surface area contributed by atoms with Gasteiger partial charge in [-0.1, -0.05) is 90.0 Å². The number of imide groups is 1. The summed E-state index contributed by atoms with van der Waals surface area (Å²) >= 11 is 6.50. The minimum absolute atomic E-state index is 0.279. The number of hydrogen-bond donors (Lipinski definition) is 1. The molecule has 2 unspecified atom stereocenters. The van der Waals surface area contributed by atoms with Crippen LogP contribution in [0.5, 0.6) is 0 Å². The van der Waals surface area contributed by atoms with E-state index in [-0.39, 0.29) is 23.6 Å². The van der Waals surface area contributed by atoms with Gasteiger partial charge in [-0.3, -0.25) is 14.4 Å². The van der Waals surface area contributed by atoms with Crippen molar-refractivity contribution in [2.45, 2.75) is 18.3 Å². The third-order valence-electron chi connectivity index (χ3n) is 8.53. The Kier molecular flexibility index (Phi) is 5.51. The number of amides is 3. The molecule has 0 saturated carbocycles. The van der Waals surface area contributed by atoms with Crippen LogP contribution < -0.4 is 10.3 Å². The van der Waals surface area contributed by atoms with Crippen molar-refractivity contribution >= 4 is 41.2 Å². The summed E-state index contributed by atoms with van der Waals surface area (Å²) in [7, 11) is 0. The van der Waals surface area contributed by atoms with Crippen LogP contribution in [-0.2, 0) is 15.0 Å². The Bertz CT molecular complexity index is 1700. The number of halogens is 1. The smallest absolute Gasteiger partial charge is 0.271 e. The van der Waals surface area contributed by atoms with Gasteiger partial charge in [0.1, 0.15) is 0 Å². The first-order valence-electron chi connectivity index (χ1n) is 13.2. The van der Waals surface area contributed by atoms with E-state index in [1.54, 1.807) is 42.6 Å². The molecule has 6 nitrogen and oxygen atoms in total. The van der Waals surface area contributed by atoms with Crippen molar-refractivity contribution in [1.82, 2.24) is 5.43 Å². The van der Waals surface area contributed by atoms with Gasteiger partial charge >= 0.3 is 0 Å². The SMILES string of the molecule is Cc1ccc(C(=O)NN=CC23c4ccccc4C(c4ccccc42)C2C(=O)N(c4ccccc4Cl)C(=O)C23)cc1. The second-order valence-corrected chi connectivity index (χ2v) is 11.0. The van der Waals surface area contributed by atoms with Gasteiger partial charge in [0.2, 0.25) is 11.8 Å². The van der Waals surface area contributed by atoms with E-state index in [9.17, 15) is 14.4 Å². The van der Waals surface area contributed by atoms with Gasteiger partial charge in [-0.15, -0.1) is 0 Å². The molecule has 1 N–H and O–H groups in total. The van der Waals surface area contributed by atoms with Gasteiger partial charge < -0.3 is 0 Å². The minimum atomic E-state index is -1.07. The second-order valence-electron chi connectivity index (χ2n) is 10.6. The Hall–Kier alpha value is -4.55. The molecule has 2 bridgehead atoms. The molecule has 1 aliphatic heterocycles. The maximum Gasteiger partial charge on any atom is 0.271 e. The van der Waals surface area contributed by atoms with Crippen LogP contribution in [0.3, 0.4) is 0 Å². The molecule has 1 fully saturated rings. The largest absolute Gasteiger partial charge is 0.274 e. The van der Waals surface area contributed by atoms with E-state index in [1.165, 1.54) is 4.90 Å². The standard InChI is InChI=1S/C33H24ClN3O3/c1-19-14-16-20(17-15-19)30(38)36-35-18-33-23-10-4-2-8-21(23)27(22-9-3-5-11-24(22)33)28-29(33)32(40)37(31(28)39)26-13-7-6-12-25(26)34/h2-18,27-29H,1H3,(H,36,38). The van der Waals surface area contributed by atoms with Crippen LogP contribution >= 0.6 is 11.6 Å². The summed E-state index contributed by atoms with van der Waals surface area (Å²) in [6.45, 7) is 1.95. The highest BCUT2D eigenvalue weighted by Crippen LogP contribution is 2.63. The van der Waals surface area contributed by atoms with Crippen LogP contribution in [0.1, 0.15) is 44.1 Å². The van der Waals surface area contributed by atoms with Crippen LogP contribution in [0, 0.1) is 18.8 Å². The fourth-order valence-electron chi connectivity index (χ4n) is 6.88. The van der Waals surface area contributed by atoms with Gasteiger partial charge in [-0.05, 0) is 53.4 Å². The van der Waals surface area contributed by atoms with Crippen molar-refractivity contribution in [2.75, 3.05) is 4.90 Å². The molecule has 4 aliphatic rings. The van der Waals surface area contributed by atoms with Crippen molar-refractivity contribution in [3.63, 3.8) is 0 Å². The molecule has 3 amide bonds. The Morgan fingerprint density at radius 2 is 1.45 bits per heavy atom. The van der Waals surface area contributed by atoms with Crippen molar-refractivity contribution in [3.05, 3.63) is 135 Å². The molecular formula is C33H24ClN3O3. The number of hydrazone groups is 1. The van der Waals surface area contributed by atoms with Crippen molar-refractivity contribution in [1.29, 1.82) is 0 Å². The second kappa shape index (κ2) is 9.00. The summed E-state index contributed by atoms with van der Waals surface area (Å²) in [5, 5.41) is 4.79. The average Bonchev–Trinajstić information content (AvgIpc) is 3.24.